The van der Waals surface area contributed by atoms with E-state index in [2.05, 4.69) is 35.3 Å². The average Bonchev–Trinajstić information content (AvgIpc) is 3.34. The molecule has 0 radical (unpaired) electrons. The zero-order valence-electron chi connectivity index (χ0n) is 15.1. The van der Waals surface area contributed by atoms with E-state index in [9.17, 15) is 4.79 Å². The first-order valence-electron chi connectivity index (χ1n) is 8.87. The average molecular weight is 370 g/mol. The van der Waals surface area contributed by atoms with Gasteiger partial charge in [0.2, 0.25) is 5.91 Å². The maximum atomic E-state index is 11.5. The van der Waals surface area contributed by atoms with Gasteiger partial charge in [-0.3, -0.25) is 9.48 Å². The van der Waals surface area contributed by atoms with E-state index in [4.69, 9.17) is 4.74 Å². The third-order valence-electron chi connectivity index (χ3n) is 4.82. The van der Waals surface area contributed by atoms with Crippen molar-refractivity contribution < 1.29 is 9.53 Å². The molecular formula is C19H22N4O2S. The maximum absolute atomic E-state index is 11.5. The third kappa shape index (κ3) is 3.19. The summed E-state index contributed by atoms with van der Waals surface area (Å²) >= 11 is 1.57. The smallest absolute Gasteiger partial charge is 0.220 e. The minimum atomic E-state index is -0.0530. The molecule has 0 saturated carbocycles. The molecule has 2 atom stereocenters. The molecule has 1 aliphatic heterocycles. The van der Waals surface area contributed by atoms with Crippen LogP contribution < -0.4 is 10.1 Å². The van der Waals surface area contributed by atoms with Crippen LogP contribution in [0.4, 0.5) is 0 Å². The Morgan fingerprint density at radius 1 is 1.35 bits per heavy atom. The molecule has 1 fully saturated rings. The number of thiazole rings is 1. The number of nitrogens with zero attached hydrogens (tertiary/aromatic N) is 3. The topological polar surface area (TPSA) is 69.0 Å². The normalized spacial score (nSPS) is 18.5. The summed E-state index contributed by atoms with van der Waals surface area (Å²) in [6, 6.07) is 6.42. The predicted octanol–water partition coefficient (Wildman–Crippen LogP) is 3.64. The maximum Gasteiger partial charge on any atom is 0.220 e. The highest BCUT2D eigenvalue weighted by Crippen LogP contribution is 2.35. The minimum absolute atomic E-state index is 0.0530. The first-order valence-corrected chi connectivity index (χ1v) is 9.75. The van der Waals surface area contributed by atoms with Crippen LogP contribution in [-0.2, 0) is 4.79 Å². The van der Waals surface area contributed by atoms with Crippen molar-refractivity contribution in [2.45, 2.75) is 39.3 Å². The lowest BCUT2D eigenvalue weighted by Crippen LogP contribution is -2.25. The van der Waals surface area contributed by atoms with Crippen molar-refractivity contribution in [2.24, 2.45) is 5.92 Å². The molecule has 1 aliphatic rings. The van der Waals surface area contributed by atoms with E-state index in [0.29, 0.717) is 19.0 Å². The Morgan fingerprint density at radius 2 is 2.19 bits per heavy atom. The Bertz CT molecular complexity index is 946. The number of benzene rings is 1. The van der Waals surface area contributed by atoms with Crippen LogP contribution in [0.2, 0.25) is 0 Å². The standard InChI is InChI=1S/C19H22N4O2S/c1-11(2)23-5-4-15(22-23)13-6-16-19(26-10-21-16)17(7-13)25-12(3)14-8-18(24)20-9-14/h4-7,10-12,14H,8-9H2,1-3H3,(H,20,24)/t12-,14?/m1/s1. The fourth-order valence-corrected chi connectivity index (χ4v) is 3.94. The molecule has 4 rings (SSSR count). The molecule has 1 saturated heterocycles. The second kappa shape index (κ2) is 6.72. The predicted molar refractivity (Wildman–Crippen MR) is 102 cm³/mol. The summed E-state index contributed by atoms with van der Waals surface area (Å²) in [6.45, 7) is 6.91. The molecule has 0 aliphatic carbocycles. The van der Waals surface area contributed by atoms with Gasteiger partial charge in [-0.1, -0.05) is 0 Å². The number of nitrogens with one attached hydrogen (secondary N) is 1. The van der Waals surface area contributed by atoms with Crippen LogP contribution in [0.3, 0.4) is 0 Å². The highest BCUT2D eigenvalue weighted by molar-refractivity contribution is 7.17. The first kappa shape index (κ1) is 17.0. The molecule has 136 valence electrons. The Morgan fingerprint density at radius 3 is 2.88 bits per heavy atom. The van der Waals surface area contributed by atoms with E-state index in [0.717, 1.165) is 27.2 Å². The van der Waals surface area contributed by atoms with Crippen LogP contribution in [0.25, 0.3) is 21.5 Å². The number of amides is 1. The Balaban J connectivity index is 1.67. The lowest BCUT2D eigenvalue weighted by atomic mass is 10.0. The van der Waals surface area contributed by atoms with E-state index < -0.39 is 0 Å². The molecule has 1 aromatic carbocycles. The van der Waals surface area contributed by atoms with Crippen LogP contribution in [0.1, 0.15) is 33.2 Å². The molecular weight excluding hydrogens is 348 g/mol. The van der Waals surface area contributed by atoms with E-state index in [1.54, 1.807) is 11.3 Å². The van der Waals surface area contributed by atoms with Crippen LogP contribution in [0.15, 0.2) is 29.9 Å². The van der Waals surface area contributed by atoms with Crippen molar-refractivity contribution in [2.75, 3.05) is 6.54 Å². The van der Waals surface area contributed by atoms with E-state index >= 15 is 0 Å². The molecule has 1 amide bonds. The number of carbonyl (C=O) groups is 1. The third-order valence-corrected chi connectivity index (χ3v) is 5.67. The molecule has 3 heterocycles. The number of fused-ring (bicyclic) bond motifs is 1. The summed E-state index contributed by atoms with van der Waals surface area (Å²) in [7, 11) is 0. The minimum Gasteiger partial charge on any atom is -0.489 e. The van der Waals surface area contributed by atoms with Gasteiger partial charge in [0.1, 0.15) is 11.9 Å². The number of rotatable bonds is 5. The zero-order chi connectivity index (χ0) is 18.3. The van der Waals surface area contributed by atoms with Gasteiger partial charge in [0, 0.05) is 36.7 Å². The summed E-state index contributed by atoms with van der Waals surface area (Å²) in [6.07, 6.45) is 2.46. The molecule has 3 aromatic rings. The van der Waals surface area contributed by atoms with Gasteiger partial charge in [0.15, 0.2) is 0 Å². The van der Waals surface area contributed by atoms with Crippen molar-refractivity contribution in [1.29, 1.82) is 0 Å². The van der Waals surface area contributed by atoms with Crippen molar-refractivity contribution in [3.05, 3.63) is 29.9 Å². The van der Waals surface area contributed by atoms with Gasteiger partial charge in [0.05, 0.1) is 21.4 Å². The van der Waals surface area contributed by atoms with Crippen LogP contribution >= 0.6 is 11.3 Å². The SMILES string of the molecule is CC(C)n1ccc(-c2cc(O[C@H](C)C3CNC(=O)C3)c3scnc3c2)n1. The number of carbonyl (C=O) groups excluding carboxylic acids is 1. The van der Waals surface area contributed by atoms with Gasteiger partial charge >= 0.3 is 0 Å². The molecule has 1 N–H and O–H groups in total. The number of hydrogen-bond acceptors (Lipinski definition) is 5. The van der Waals surface area contributed by atoms with Crippen molar-refractivity contribution >= 4 is 27.5 Å². The van der Waals surface area contributed by atoms with Crippen LogP contribution in [-0.4, -0.2) is 33.3 Å². The second-order valence-corrected chi connectivity index (χ2v) is 7.90. The molecule has 26 heavy (non-hydrogen) atoms. The van der Waals surface area contributed by atoms with E-state index in [-0.39, 0.29) is 17.9 Å². The van der Waals surface area contributed by atoms with Crippen LogP contribution in [0.5, 0.6) is 5.75 Å². The van der Waals surface area contributed by atoms with Gasteiger partial charge in [-0.05, 0) is 39.0 Å². The van der Waals surface area contributed by atoms with Crippen molar-refractivity contribution in [3.8, 4) is 17.0 Å². The monoisotopic (exact) mass is 370 g/mol. The fraction of sp³-hybridized carbons (Fsp3) is 0.421. The molecule has 7 heteroatoms. The Labute approximate surface area is 156 Å². The van der Waals surface area contributed by atoms with Crippen molar-refractivity contribution in [1.82, 2.24) is 20.1 Å². The molecule has 1 unspecified atom stereocenters. The lowest BCUT2D eigenvalue weighted by Gasteiger charge is -2.20. The highest BCUT2D eigenvalue weighted by atomic mass is 32.1. The van der Waals surface area contributed by atoms with E-state index in [1.165, 1.54) is 0 Å². The van der Waals surface area contributed by atoms with Gasteiger partial charge in [0.25, 0.3) is 0 Å². The van der Waals surface area contributed by atoms with Gasteiger partial charge in [-0.15, -0.1) is 11.3 Å². The number of aromatic nitrogens is 3. The second-order valence-electron chi connectivity index (χ2n) is 7.04. The summed E-state index contributed by atoms with van der Waals surface area (Å²) in [5.74, 6) is 1.10. The molecule has 2 aromatic heterocycles. The highest BCUT2D eigenvalue weighted by Gasteiger charge is 2.28. The van der Waals surface area contributed by atoms with Crippen molar-refractivity contribution in [3.63, 3.8) is 0 Å². The Hall–Kier alpha value is -2.41. The lowest BCUT2D eigenvalue weighted by molar-refractivity contribution is -0.119. The fourth-order valence-electron chi connectivity index (χ4n) is 3.21. The quantitative estimate of drug-likeness (QED) is 0.744. The number of hydrogen-bond donors (Lipinski definition) is 1. The van der Waals surface area contributed by atoms with Crippen LogP contribution in [0, 0.1) is 5.92 Å². The zero-order valence-corrected chi connectivity index (χ0v) is 15.9. The Kier molecular flexibility index (Phi) is 4.40. The van der Waals surface area contributed by atoms with Gasteiger partial charge < -0.3 is 10.1 Å². The summed E-state index contributed by atoms with van der Waals surface area (Å²) in [4.78, 5) is 16.0. The van der Waals surface area contributed by atoms with E-state index in [1.807, 2.05) is 35.4 Å². The largest absolute Gasteiger partial charge is 0.489 e. The molecule has 0 bridgehead atoms. The summed E-state index contributed by atoms with van der Waals surface area (Å²) in [5.41, 5.74) is 4.64. The summed E-state index contributed by atoms with van der Waals surface area (Å²) < 4.78 is 9.25. The number of ether oxygens (including phenoxy) is 1. The first-order chi connectivity index (χ1) is 12.5. The molecule has 6 nitrogen and oxygen atoms in total. The van der Waals surface area contributed by atoms with Gasteiger partial charge in [-0.25, -0.2) is 4.98 Å². The van der Waals surface area contributed by atoms with Gasteiger partial charge in [-0.2, -0.15) is 5.10 Å². The molecule has 0 spiro atoms. The summed E-state index contributed by atoms with van der Waals surface area (Å²) in [5, 5.41) is 7.54.